The third kappa shape index (κ3) is 5.70. The fourth-order valence-electron chi connectivity index (χ4n) is 5.38. The van der Waals surface area contributed by atoms with Gasteiger partial charge in [0.25, 0.3) is 0 Å². The zero-order chi connectivity index (χ0) is 28.6. The molecule has 0 spiro atoms. The summed E-state index contributed by atoms with van der Waals surface area (Å²) in [5.41, 5.74) is 5.04. The fraction of sp³-hybridized carbons (Fsp3) is 0.433. The van der Waals surface area contributed by atoms with E-state index < -0.39 is 15.9 Å². The van der Waals surface area contributed by atoms with Crippen molar-refractivity contribution in [2.75, 3.05) is 24.5 Å². The van der Waals surface area contributed by atoms with Crippen LogP contribution in [0.15, 0.2) is 53.4 Å². The number of anilines is 1. The van der Waals surface area contributed by atoms with E-state index in [1.165, 1.54) is 15.6 Å². The molecule has 212 valence electrons. The molecule has 5 rings (SSSR count). The molecule has 10 heteroatoms. The van der Waals surface area contributed by atoms with E-state index >= 15 is 0 Å². The summed E-state index contributed by atoms with van der Waals surface area (Å²) in [4.78, 5) is 21.2. The maximum absolute atomic E-state index is 14.2. The quantitative estimate of drug-likeness (QED) is 0.268. The second-order valence-corrected chi connectivity index (χ2v) is 13.9. The molecule has 1 aliphatic rings. The minimum Gasteiger partial charge on any atom is -0.286 e. The number of carbonyl (C=O) groups excluding carboxylic acids is 1. The average Bonchev–Trinajstić information content (AvgIpc) is 3.50. The molecule has 2 aromatic carbocycles. The van der Waals surface area contributed by atoms with Gasteiger partial charge in [-0.3, -0.25) is 14.4 Å². The van der Waals surface area contributed by atoms with Gasteiger partial charge in [-0.05, 0) is 69.4 Å². The van der Waals surface area contributed by atoms with Crippen molar-refractivity contribution in [3.63, 3.8) is 0 Å². The van der Waals surface area contributed by atoms with Crippen LogP contribution in [-0.2, 0) is 21.4 Å². The molecule has 1 amide bonds. The number of hydrogen-bond donors (Lipinski definition) is 0. The van der Waals surface area contributed by atoms with Gasteiger partial charge in [0.2, 0.25) is 15.9 Å². The topological polar surface area (TPSA) is 88.4 Å². The Morgan fingerprint density at radius 3 is 2.55 bits per heavy atom. The van der Waals surface area contributed by atoms with Crippen LogP contribution in [0.2, 0.25) is 0 Å². The highest BCUT2D eigenvalue weighted by Crippen LogP contribution is 2.35. The molecule has 1 aliphatic heterocycles. The van der Waals surface area contributed by atoms with Crippen molar-refractivity contribution in [3.05, 3.63) is 71.0 Å². The van der Waals surface area contributed by atoms with Gasteiger partial charge >= 0.3 is 0 Å². The third-order valence-electron chi connectivity index (χ3n) is 7.59. The summed E-state index contributed by atoms with van der Waals surface area (Å²) in [6, 6.07) is 15.1. The zero-order valence-electron chi connectivity index (χ0n) is 23.8. The molecule has 0 saturated carbocycles. The summed E-state index contributed by atoms with van der Waals surface area (Å²) in [5, 5.41) is 5.23. The number of aromatic nitrogens is 3. The lowest BCUT2D eigenvalue weighted by atomic mass is 9.98. The number of aryl methyl sites for hydroxylation is 3. The highest BCUT2D eigenvalue weighted by molar-refractivity contribution is 7.89. The number of piperidine rings is 1. The molecule has 1 fully saturated rings. The van der Waals surface area contributed by atoms with Gasteiger partial charge in [-0.2, -0.15) is 9.40 Å². The van der Waals surface area contributed by atoms with E-state index in [-0.39, 0.29) is 17.3 Å². The number of sulfonamides is 1. The van der Waals surface area contributed by atoms with E-state index in [0.29, 0.717) is 43.5 Å². The van der Waals surface area contributed by atoms with Gasteiger partial charge in [0.15, 0.2) is 5.13 Å². The summed E-state index contributed by atoms with van der Waals surface area (Å²) in [6.45, 7) is 11.7. The van der Waals surface area contributed by atoms with Crippen LogP contribution in [0.25, 0.3) is 10.2 Å². The van der Waals surface area contributed by atoms with Gasteiger partial charge in [-0.1, -0.05) is 55.0 Å². The molecule has 8 nitrogen and oxygen atoms in total. The van der Waals surface area contributed by atoms with Crippen LogP contribution in [0, 0.1) is 26.7 Å². The van der Waals surface area contributed by atoms with Crippen molar-refractivity contribution in [1.82, 2.24) is 19.1 Å². The van der Waals surface area contributed by atoms with Gasteiger partial charge in [0.1, 0.15) is 0 Å². The van der Waals surface area contributed by atoms with Gasteiger partial charge in [0, 0.05) is 25.3 Å². The molecule has 40 heavy (non-hydrogen) atoms. The number of nitrogens with zero attached hydrogens (tertiary/aromatic N) is 5. The Bertz CT molecular complexity index is 1620. The lowest BCUT2D eigenvalue weighted by molar-refractivity contribution is -0.123. The Hall–Kier alpha value is -3.08. The average molecular weight is 580 g/mol. The molecule has 0 aliphatic carbocycles. The first-order valence-electron chi connectivity index (χ1n) is 13.8. The number of hydrogen-bond acceptors (Lipinski definition) is 6. The molecule has 3 heterocycles. The molecular formula is C30H37N5O3S2. The number of carbonyl (C=O) groups is 1. The third-order valence-corrected chi connectivity index (χ3v) is 10.5. The Morgan fingerprint density at radius 1 is 1.12 bits per heavy atom. The van der Waals surface area contributed by atoms with Crippen molar-refractivity contribution in [3.8, 4) is 0 Å². The molecule has 2 aromatic heterocycles. The van der Waals surface area contributed by atoms with E-state index in [4.69, 9.17) is 4.98 Å². The van der Waals surface area contributed by atoms with Crippen molar-refractivity contribution in [2.24, 2.45) is 5.92 Å². The molecule has 4 aromatic rings. The van der Waals surface area contributed by atoms with Gasteiger partial charge in [-0.25, -0.2) is 13.4 Å². The smallest absolute Gasteiger partial charge is 0.243 e. The number of fused-ring (bicyclic) bond motifs is 1. The monoisotopic (exact) mass is 579 g/mol. The summed E-state index contributed by atoms with van der Waals surface area (Å²) in [6.07, 6.45) is 1.27. The van der Waals surface area contributed by atoms with Gasteiger partial charge < -0.3 is 0 Å². The lowest BCUT2D eigenvalue weighted by Crippen LogP contribution is -2.47. The SMILES string of the molecule is Cc1ccc(S(=O)(=O)N2CCCC(C(=O)N(CCn3nc(C)cc3C)c3nc4c(C(C)C)cccc4s3)C2)cc1. The highest BCUT2D eigenvalue weighted by atomic mass is 32.2. The molecule has 0 N–H and O–H groups in total. The predicted octanol–water partition coefficient (Wildman–Crippen LogP) is 5.68. The first-order chi connectivity index (χ1) is 19.0. The van der Waals surface area contributed by atoms with Crippen molar-refractivity contribution in [1.29, 1.82) is 0 Å². The molecule has 1 saturated heterocycles. The molecule has 1 atom stereocenters. The Balaban J connectivity index is 1.45. The van der Waals surface area contributed by atoms with E-state index in [0.717, 1.165) is 32.7 Å². The summed E-state index contributed by atoms with van der Waals surface area (Å²) in [5.74, 6) is -0.238. The van der Waals surface area contributed by atoms with E-state index in [1.807, 2.05) is 43.7 Å². The van der Waals surface area contributed by atoms with E-state index in [9.17, 15) is 13.2 Å². The number of para-hydroxylation sites is 1. The minimum atomic E-state index is -3.69. The Labute approximate surface area is 240 Å². The first-order valence-corrected chi connectivity index (χ1v) is 16.1. The van der Waals surface area contributed by atoms with Crippen LogP contribution in [-0.4, -0.2) is 53.0 Å². The number of thiazole rings is 1. The number of amides is 1. The Morgan fingerprint density at radius 2 is 1.88 bits per heavy atom. The number of rotatable bonds is 8. The molecule has 1 unspecified atom stereocenters. The highest BCUT2D eigenvalue weighted by Gasteiger charge is 2.36. The van der Waals surface area contributed by atoms with Crippen molar-refractivity contribution >= 4 is 42.6 Å². The zero-order valence-corrected chi connectivity index (χ0v) is 25.4. The normalized spacial score (nSPS) is 16.6. The minimum absolute atomic E-state index is 0.0875. The van der Waals surface area contributed by atoms with Crippen LogP contribution >= 0.6 is 11.3 Å². The second kappa shape index (κ2) is 11.4. The molecule has 0 radical (unpaired) electrons. The van der Waals surface area contributed by atoms with Crippen LogP contribution in [0.1, 0.15) is 55.1 Å². The van der Waals surface area contributed by atoms with Gasteiger partial charge in [-0.15, -0.1) is 0 Å². The number of benzene rings is 2. The van der Waals surface area contributed by atoms with Gasteiger partial charge in [0.05, 0.1) is 33.3 Å². The second-order valence-electron chi connectivity index (χ2n) is 11.0. The van der Waals surface area contributed by atoms with E-state index in [1.54, 1.807) is 29.2 Å². The van der Waals surface area contributed by atoms with Crippen LogP contribution in [0.4, 0.5) is 5.13 Å². The summed E-state index contributed by atoms with van der Waals surface area (Å²) < 4.78 is 31.3. The fourth-order valence-corrected chi connectivity index (χ4v) is 7.93. The molecule has 0 bridgehead atoms. The Kier molecular flexibility index (Phi) is 8.13. The van der Waals surface area contributed by atoms with Crippen molar-refractivity contribution in [2.45, 2.75) is 64.8 Å². The van der Waals surface area contributed by atoms with Crippen molar-refractivity contribution < 1.29 is 13.2 Å². The predicted molar refractivity (Wildman–Crippen MR) is 160 cm³/mol. The van der Waals surface area contributed by atoms with E-state index in [2.05, 4.69) is 25.0 Å². The standard InChI is InChI=1S/C30H37N5O3S2/c1-20(2)26-9-6-10-27-28(26)31-30(39-27)34(16-17-35-23(5)18-22(4)32-35)29(36)24-8-7-15-33(19-24)40(37,38)25-13-11-21(3)12-14-25/h6,9-14,18,20,24H,7-8,15-17,19H2,1-5H3. The van der Waals surface area contributed by atoms with Crippen LogP contribution in [0.3, 0.4) is 0 Å². The first kappa shape index (κ1) is 28.4. The van der Waals surface area contributed by atoms with Crippen LogP contribution < -0.4 is 4.90 Å². The summed E-state index contributed by atoms with van der Waals surface area (Å²) in [7, 11) is -3.69. The lowest BCUT2D eigenvalue weighted by Gasteiger charge is -2.33. The maximum Gasteiger partial charge on any atom is 0.243 e. The largest absolute Gasteiger partial charge is 0.286 e. The maximum atomic E-state index is 14.2. The summed E-state index contributed by atoms with van der Waals surface area (Å²) >= 11 is 1.51. The van der Waals surface area contributed by atoms with Crippen LogP contribution in [0.5, 0.6) is 0 Å². The molecular weight excluding hydrogens is 542 g/mol.